The zero-order valence-corrected chi connectivity index (χ0v) is 9.11. The first-order chi connectivity index (χ1) is 6.85. The molecule has 0 aromatic rings. The second-order valence-corrected chi connectivity index (χ2v) is 4.54. The molecule has 2 aliphatic rings. The van der Waals surface area contributed by atoms with Crippen LogP contribution < -0.4 is 5.73 Å². The average molecular weight is 198 g/mol. The lowest BCUT2D eigenvalue weighted by Gasteiger charge is -2.37. The van der Waals surface area contributed by atoms with E-state index in [1.807, 2.05) is 0 Å². The largest absolute Gasteiger partial charge is 0.374 e. The molecule has 1 heterocycles. The highest BCUT2D eigenvalue weighted by molar-refractivity contribution is 4.89. The van der Waals surface area contributed by atoms with Crippen molar-refractivity contribution in [1.29, 1.82) is 0 Å². The van der Waals surface area contributed by atoms with Crippen LogP contribution in [-0.2, 0) is 4.74 Å². The molecule has 82 valence electrons. The van der Waals surface area contributed by atoms with E-state index in [9.17, 15) is 0 Å². The second-order valence-electron chi connectivity index (χ2n) is 4.54. The average Bonchev–Trinajstić information content (AvgIpc) is 3.04. The molecular formula is C11H22N2O. The van der Waals surface area contributed by atoms with E-state index in [4.69, 9.17) is 10.5 Å². The molecule has 14 heavy (non-hydrogen) atoms. The summed E-state index contributed by atoms with van der Waals surface area (Å²) in [6, 6.07) is 0.799. The zero-order valence-electron chi connectivity index (χ0n) is 9.11. The van der Waals surface area contributed by atoms with Gasteiger partial charge in [-0.05, 0) is 25.2 Å². The van der Waals surface area contributed by atoms with Gasteiger partial charge in [0.15, 0.2) is 0 Å². The molecule has 0 aromatic carbocycles. The van der Waals surface area contributed by atoms with Crippen molar-refractivity contribution in [3.8, 4) is 0 Å². The Kier molecular flexibility index (Phi) is 3.42. The molecule has 2 rings (SSSR count). The molecule has 0 bridgehead atoms. The molecule has 0 radical (unpaired) electrons. The Bertz CT molecular complexity index is 182. The molecule has 2 fully saturated rings. The first-order valence-corrected chi connectivity index (χ1v) is 5.90. The fraction of sp³-hybridized carbons (Fsp3) is 1.00. The highest BCUT2D eigenvalue weighted by atomic mass is 16.5. The predicted molar refractivity (Wildman–Crippen MR) is 57.2 cm³/mol. The Morgan fingerprint density at radius 3 is 2.86 bits per heavy atom. The van der Waals surface area contributed by atoms with E-state index in [1.54, 1.807) is 0 Å². The lowest BCUT2D eigenvalue weighted by atomic mass is 10.1. The van der Waals surface area contributed by atoms with Crippen LogP contribution in [0.5, 0.6) is 0 Å². The van der Waals surface area contributed by atoms with Gasteiger partial charge in [0.2, 0.25) is 0 Å². The Balaban J connectivity index is 1.87. The maximum atomic E-state index is 5.65. The number of hydrogen-bond donors (Lipinski definition) is 1. The standard InChI is InChI=1S/C11H22N2O/c1-2-11(9-3-4-9)13-5-6-14-10(7-12)8-13/h9-11H,2-8,12H2,1H3. The van der Waals surface area contributed by atoms with Crippen LogP contribution in [0.15, 0.2) is 0 Å². The van der Waals surface area contributed by atoms with Gasteiger partial charge in [-0.15, -0.1) is 0 Å². The van der Waals surface area contributed by atoms with Gasteiger partial charge in [-0.25, -0.2) is 0 Å². The smallest absolute Gasteiger partial charge is 0.0824 e. The van der Waals surface area contributed by atoms with Crippen LogP contribution in [0, 0.1) is 5.92 Å². The molecule has 3 heteroatoms. The van der Waals surface area contributed by atoms with Gasteiger partial charge < -0.3 is 10.5 Å². The van der Waals surface area contributed by atoms with Crippen LogP contribution in [0.4, 0.5) is 0 Å². The SMILES string of the molecule is CCC(C1CC1)N1CCOC(CN)C1. The minimum Gasteiger partial charge on any atom is -0.374 e. The third kappa shape index (κ3) is 2.27. The van der Waals surface area contributed by atoms with Crippen LogP contribution in [0.3, 0.4) is 0 Å². The molecule has 2 unspecified atom stereocenters. The molecule has 1 saturated carbocycles. The molecule has 2 atom stereocenters. The molecular weight excluding hydrogens is 176 g/mol. The third-order valence-corrected chi connectivity index (χ3v) is 3.49. The summed E-state index contributed by atoms with van der Waals surface area (Å²) in [6.45, 7) is 5.98. The van der Waals surface area contributed by atoms with Gasteiger partial charge in [0, 0.05) is 25.7 Å². The van der Waals surface area contributed by atoms with E-state index in [1.165, 1.54) is 19.3 Å². The van der Waals surface area contributed by atoms with Gasteiger partial charge in [0.05, 0.1) is 12.7 Å². The number of hydrogen-bond acceptors (Lipinski definition) is 3. The predicted octanol–water partition coefficient (Wildman–Crippen LogP) is 0.835. The molecule has 1 aliphatic heterocycles. The first-order valence-electron chi connectivity index (χ1n) is 5.90. The van der Waals surface area contributed by atoms with Crippen molar-refractivity contribution in [3.63, 3.8) is 0 Å². The lowest BCUT2D eigenvalue weighted by Crippen LogP contribution is -2.50. The molecule has 0 spiro atoms. The topological polar surface area (TPSA) is 38.5 Å². The maximum absolute atomic E-state index is 5.65. The van der Waals surface area contributed by atoms with Crippen LogP contribution in [0.25, 0.3) is 0 Å². The summed E-state index contributed by atoms with van der Waals surface area (Å²) in [5, 5.41) is 0. The summed E-state index contributed by atoms with van der Waals surface area (Å²) in [5.41, 5.74) is 5.65. The highest BCUT2D eigenvalue weighted by Crippen LogP contribution is 2.37. The maximum Gasteiger partial charge on any atom is 0.0824 e. The van der Waals surface area contributed by atoms with Gasteiger partial charge in [-0.2, -0.15) is 0 Å². The van der Waals surface area contributed by atoms with E-state index in [-0.39, 0.29) is 6.10 Å². The van der Waals surface area contributed by atoms with Crippen molar-refractivity contribution < 1.29 is 4.74 Å². The summed E-state index contributed by atoms with van der Waals surface area (Å²) < 4.78 is 5.59. The van der Waals surface area contributed by atoms with E-state index >= 15 is 0 Å². The third-order valence-electron chi connectivity index (χ3n) is 3.49. The van der Waals surface area contributed by atoms with Crippen molar-refractivity contribution in [2.75, 3.05) is 26.2 Å². The quantitative estimate of drug-likeness (QED) is 0.727. The highest BCUT2D eigenvalue weighted by Gasteiger charge is 2.35. The monoisotopic (exact) mass is 198 g/mol. The van der Waals surface area contributed by atoms with Gasteiger partial charge >= 0.3 is 0 Å². The number of nitrogens with zero attached hydrogens (tertiary/aromatic N) is 1. The fourth-order valence-corrected chi connectivity index (χ4v) is 2.56. The minimum absolute atomic E-state index is 0.275. The Labute approximate surface area is 86.6 Å². The van der Waals surface area contributed by atoms with E-state index < -0.39 is 0 Å². The number of nitrogens with two attached hydrogens (primary N) is 1. The number of rotatable bonds is 4. The summed E-state index contributed by atoms with van der Waals surface area (Å²) in [5.74, 6) is 0.969. The Hall–Kier alpha value is -0.120. The van der Waals surface area contributed by atoms with Crippen molar-refractivity contribution in [2.24, 2.45) is 11.7 Å². The fourth-order valence-electron chi connectivity index (χ4n) is 2.56. The lowest BCUT2D eigenvalue weighted by molar-refractivity contribution is -0.0422. The number of ether oxygens (including phenoxy) is 1. The van der Waals surface area contributed by atoms with E-state index in [2.05, 4.69) is 11.8 Å². The molecule has 2 N–H and O–H groups in total. The zero-order chi connectivity index (χ0) is 9.97. The molecule has 1 aliphatic carbocycles. The molecule has 0 aromatic heterocycles. The second kappa shape index (κ2) is 4.60. The van der Waals surface area contributed by atoms with Crippen molar-refractivity contribution >= 4 is 0 Å². The van der Waals surface area contributed by atoms with Crippen molar-refractivity contribution in [3.05, 3.63) is 0 Å². The minimum atomic E-state index is 0.275. The van der Waals surface area contributed by atoms with Gasteiger partial charge in [-0.3, -0.25) is 4.90 Å². The van der Waals surface area contributed by atoms with Gasteiger partial charge in [0.25, 0.3) is 0 Å². The molecule has 3 nitrogen and oxygen atoms in total. The summed E-state index contributed by atoms with van der Waals surface area (Å²) in [6.07, 6.45) is 4.42. The van der Waals surface area contributed by atoms with E-state index in [0.717, 1.165) is 31.7 Å². The summed E-state index contributed by atoms with van der Waals surface area (Å²) >= 11 is 0. The van der Waals surface area contributed by atoms with E-state index in [0.29, 0.717) is 6.54 Å². The molecule has 0 amide bonds. The normalized spacial score (nSPS) is 31.7. The first kappa shape index (κ1) is 10.4. The summed E-state index contributed by atoms with van der Waals surface area (Å²) in [7, 11) is 0. The van der Waals surface area contributed by atoms with Crippen molar-refractivity contribution in [1.82, 2.24) is 4.90 Å². The van der Waals surface area contributed by atoms with Crippen molar-refractivity contribution in [2.45, 2.75) is 38.3 Å². The summed E-state index contributed by atoms with van der Waals surface area (Å²) in [4.78, 5) is 2.60. The Morgan fingerprint density at radius 1 is 1.50 bits per heavy atom. The van der Waals surface area contributed by atoms with Crippen LogP contribution in [-0.4, -0.2) is 43.3 Å². The van der Waals surface area contributed by atoms with Crippen LogP contribution >= 0.6 is 0 Å². The van der Waals surface area contributed by atoms with Gasteiger partial charge in [-0.1, -0.05) is 6.92 Å². The van der Waals surface area contributed by atoms with Crippen LogP contribution in [0.2, 0.25) is 0 Å². The molecule has 1 saturated heterocycles. The number of morpholine rings is 1. The van der Waals surface area contributed by atoms with Gasteiger partial charge in [0.1, 0.15) is 0 Å². The van der Waals surface area contributed by atoms with Crippen LogP contribution in [0.1, 0.15) is 26.2 Å². The Morgan fingerprint density at radius 2 is 2.29 bits per heavy atom.